The molecule has 0 bridgehead atoms. The minimum Gasteiger partial charge on any atom is -0.496 e. The lowest BCUT2D eigenvalue weighted by Crippen LogP contribution is -2.42. The highest BCUT2D eigenvalue weighted by molar-refractivity contribution is 5.90. The zero-order valence-corrected chi connectivity index (χ0v) is 22.7. The summed E-state index contributed by atoms with van der Waals surface area (Å²) in [4.78, 5) is 28.4. The summed E-state index contributed by atoms with van der Waals surface area (Å²) in [5.41, 5.74) is 8.95. The maximum Gasteiger partial charge on any atom is 0.227 e. The summed E-state index contributed by atoms with van der Waals surface area (Å²) in [5, 5.41) is 4.77. The minimum absolute atomic E-state index is 0.157. The predicted molar refractivity (Wildman–Crippen MR) is 153 cm³/mol. The van der Waals surface area contributed by atoms with Crippen LogP contribution >= 0.6 is 0 Å². The Morgan fingerprint density at radius 2 is 1.87 bits per heavy atom. The van der Waals surface area contributed by atoms with Crippen LogP contribution in [0.2, 0.25) is 0 Å². The number of nitrogens with two attached hydrogens (primary N) is 1. The summed E-state index contributed by atoms with van der Waals surface area (Å²) in [6.07, 6.45) is 3.78. The van der Waals surface area contributed by atoms with Gasteiger partial charge in [0.25, 0.3) is 0 Å². The lowest BCUT2D eigenvalue weighted by atomic mass is 9.98. The van der Waals surface area contributed by atoms with Gasteiger partial charge in [0, 0.05) is 69.5 Å². The third-order valence-corrected chi connectivity index (χ3v) is 7.82. The number of piperidine rings is 2. The number of ether oxygens (including phenoxy) is 1. The molecule has 1 amide bonds. The molecule has 0 saturated carbocycles. The first-order valence-corrected chi connectivity index (χ1v) is 13.6. The topological polar surface area (TPSA) is 99.9 Å². The van der Waals surface area contributed by atoms with Gasteiger partial charge in [0.1, 0.15) is 11.6 Å². The van der Waals surface area contributed by atoms with Crippen LogP contribution in [0.5, 0.6) is 5.75 Å². The van der Waals surface area contributed by atoms with Gasteiger partial charge in [-0.3, -0.25) is 9.69 Å². The van der Waals surface area contributed by atoms with Crippen LogP contribution in [0.25, 0.3) is 10.9 Å². The monoisotopic (exact) mass is 517 g/mol. The molecule has 0 spiro atoms. The van der Waals surface area contributed by atoms with E-state index in [-0.39, 0.29) is 11.8 Å². The lowest BCUT2D eigenvalue weighted by Gasteiger charge is -2.34. The maximum absolute atomic E-state index is 11.8. The summed E-state index contributed by atoms with van der Waals surface area (Å²) in [6, 6.07) is 14.7. The molecule has 2 aromatic carbocycles. The largest absolute Gasteiger partial charge is 0.496 e. The Balaban J connectivity index is 1.30. The highest BCUT2D eigenvalue weighted by atomic mass is 16.5. The number of amides is 1. The molecule has 1 aromatic heterocycles. The van der Waals surface area contributed by atoms with Crippen LogP contribution in [0.4, 0.5) is 17.5 Å². The predicted octanol–water partition coefficient (Wildman–Crippen LogP) is 3.48. The number of hydrogen-bond donors (Lipinski definition) is 2. The van der Waals surface area contributed by atoms with Gasteiger partial charge in [-0.25, -0.2) is 4.98 Å². The van der Waals surface area contributed by atoms with E-state index in [1.165, 1.54) is 11.3 Å². The first-order chi connectivity index (χ1) is 18.4. The number of nitrogens with zero attached hydrogens (tertiary/aromatic N) is 5. The van der Waals surface area contributed by atoms with Crippen LogP contribution in [0.1, 0.15) is 31.2 Å². The Bertz CT molecular complexity index is 1270. The van der Waals surface area contributed by atoms with Crippen LogP contribution in [-0.4, -0.2) is 74.2 Å². The Hall–Kier alpha value is -3.59. The number of nitrogens with one attached hydrogen (secondary N) is 1. The number of likely N-dealkylation sites (tertiary alicyclic amines) is 1. The molecule has 38 heavy (non-hydrogen) atoms. The number of aromatic nitrogens is 2. The summed E-state index contributed by atoms with van der Waals surface area (Å²) in [6.45, 7) is 4.25. The van der Waals surface area contributed by atoms with Crippen molar-refractivity contribution in [3.63, 3.8) is 0 Å². The summed E-state index contributed by atoms with van der Waals surface area (Å²) >= 11 is 0. The molecular weight excluding hydrogens is 478 g/mol. The standard InChI is InChI=1S/C29H39N7O2/c1-34(2)25-11-6-12-26(38-3)23(25)19-35-16-13-21(14-17-35)31-28-22-9-4-5-10-24(22)32-29(33-28)36-15-7-8-20(18-36)27(30)37/h4-6,9-12,20-21H,7-8,13-19H2,1-3H3,(H2,30,37)(H,31,32,33). The zero-order valence-electron chi connectivity index (χ0n) is 22.7. The molecule has 5 rings (SSSR count). The van der Waals surface area contributed by atoms with Crippen molar-refractivity contribution < 1.29 is 9.53 Å². The van der Waals surface area contributed by atoms with Gasteiger partial charge in [-0.1, -0.05) is 18.2 Å². The van der Waals surface area contributed by atoms with Gasteiger partial charge in [-0.15, -0.1) is 0 Å². The van der Waals surface area contributed by atoms with Gasteiger partial charge in [-0.2, -0.15) is 4.98 Å². The van der Waals surface area contributed by atoms with Gasteiger partial charge >= 0.3 is 0 Å². The van der Waals surface area contributed by atoms with Gasteiger partial charge in [0.05, 0.1) is 18.5 Å². The van der Waals surface area contributed by atoms with Crippen LogP contribution < -0.4 is 25.6 Å². The van der Waals surface area contributed by atoms with Crippen LogP contribution in [0, 0.1) is 5.92 Å². The van der Waals surface area contributed by atoms with Gasteiger partial charge in [0.2, 0.25) is 11.9 Å². The van der Waals surface area contributed by atoms with Crippen molar-refractivity contribution in [1.82, 2.24) is 14.9 Å². The minimum atomic E-state index is -0.244. The normalized spacial score (nSPS) is 18.9. The van der Waals surface area contributed by atoms with Crippen molar-refractivity contribution in [2.75, 3.05) is 62.5 Å². The number of hydrogen-bond acceptors (Lipinski definition) is 8. The molecule has 2 fully saturated rings. The van der Waals surface area contributed by atoms with E-state index >= 15 is 0 Å². The number of benzene rings is 2. The van der Waals surface area contributed by atoms with Crippen molar-refractivity contribution in [2.24, 2.45) is 11.7 Å². The third kappa shape index (κ3) is 5.62. The Kier molecular flexibility index (Phi) is 7.83. The Morgan fingerprint density at radius 1 is 1.08 bits per heavy atom. The maximum atomic E-state index is 11.8. The Labute approximate surface area is 225 Å². The molecule has 3 N–H and O–H groups in total. The van der Waals surface area contributed by atoms with E-state index in [1.807, 2.05) is 30.3 Å². The molecule has 9 nitrogen and oxygen atoms in total. The van der Waals surface area contributed by atoms with E-state index in [1.54, 1.807) is 7.11 Å². The lowest BCUT2D eigenvalue weighted by molar-refractivity contribution is -0.122. The molecule has 1 atom stereocenters. The van der Waals surface area contributed by atoms with Crippen LogP contribution in [0.3, 0.4) is 0 Å². The van der Waals surface area contributed by atoms with Crippen molar-refractivity contribution in [3.8, 4) is 5.75 Å². The molecule has 0 radical (unpaired) electrons. The molecule has 2 saturated heterocycles. The number of methoxy groups -OCH3 is 1. The van der Waals surface area contributed by atoms with Crippen LogP contribution in [-0.2, 0) is 11.3 Å². The van der Waals surface area contributed by atoms with Gasteiger partial charge < -0.3 is 25.6 Å². The van der Waals surface area contributed by atoms with E-state index in [2.05, 4.69) is 46.2 Å². The fourth-order valence-electron chi connectivity index (χ4n) is 5.68. The van der Waals surface area contributed by atoms with Crippen molar-refractivity contribution >= 4 is 34.3 Å². The first-order valence-electron chi connectivity index (χ1n) is 13.6. The molecule has 0 aliphatic carbocycles. The fourth-order valence-corrected chi connectivity index (χ4v) is 5.68. The molecule has 202 valence electrons. The van der Waals surface area contributed by atoms with Gasteiger partial charge in [0.15, 0.2) is 0 Å². The van der Waals surface area contributed by atoms with Gasteiger partial charge in [-0.05, 0) is 49.9 Å². The number of rotatable bonds is 8. The summed E-state index contributed by atoms with van der Waals surface area (Å²) in [7, 11) is 5.89. The second-order valence-corrected chi connectivity index (χ2v) is 10.6. The highest BCUT2D eigenvalue weighted by Crippen LogP contribution is 2.32. The number of primary amides is 1. The fraction of sp³-hybridized carbons (Fsp3) is 0.483. The average molecular weight is 518 g/mol. The van der Waals surface area contributed by atoms with E-state index in [4.69, 9.17) is 20.4 Å². The number of fused-ring (bicyclic) bond motifs is 1. The second kappa shape index (κ2) is 11.4. The summed E-state index contributed by atoms with van der Waals surface area (Å²) < 4.78 is 5.69. The first kappa shape index (κ1) is 26.0. The summed E-state index contributed by atoms with van der Waals surface area (Å²) in [5.74, 6) is 2.07. The molecule has 3 aromatic rings. The SMILES string of the molecule is COc1cccc(N(C)C)c1CN1CCC(Nc2nc(N3CCCC(C(N)=O)C3)nc3ccccc23)CC1. The molecule has 2 aliphatic heterocycles. The highest BCUT2D eigenvalue weighted by Gasteiger charge is 2.27. The zero-order chi connectivity index (χ0) is 26.6. The second-order valence-electron chi connectivity index (χ2n) is 10.6. The van der Waals surface area contributed by atoms with Crippen molar-refractivity contribution in [2.45, 2.75) is 38.3 Å². The van der Waals surface area contributed by atoms with E-state index in [9.17, 15) is 4.79 Å². The van der Waals surface area contributed by atoms with Crippen LogP contribution in [0.15, 0.2) is 42.5 Å². The number of anilines is 3. The molecule has 1 unspecified atom stereocenters. The third-order valence-electron chi connectivity index (χ3n) is 7.82. The Morgan fingerprint density at radius 3 is 2.61 bits per heavy atom. The molecule has 9 heteroatoms. The number of para-hydroxylation sites is 1. The molecular formula is C29H39N7O2. The quantitative estimate of drug-likeness (QED) is 0.469. The number of carbonyl (C=O) groups excluding carboxylic acids is 1. The molecule has 2 aliphatic rings. The van der Waals surface area contributed by atoms with Crippen molar-refractivity contribution in [3.05, 3.63) is 48.0 Å². The average Bonchev–Trinajstić information content (AvgIpc) is 2.94. The molecule has 3 heterocycles. The smallest absolute Gasteiger partial charge is 0.227 e. The van der Waals surface area contributed by atoms with E-state index in [0.29, 0.717) is 18.5 Å². The van der Waals surface area contributed by atoms with E-state index < -0.39 is 0 Å². The van der Waals surface area contributed by atoms with Crippen molar-refractivity contribution in [1.29, 1.82) is 0 Å². The number of carbonyl (C=O) groups is 1. The van der Waals surface area contributed by atoms with E-state index in [0.717, 1.165) is 74.3 Å².